The molecule has 1 aliphatic heterocycles. The highest BCUT2D eigenvalue weighted by Gasteiger charge is 2.30. The zero-order valence-corrected chi connectivity index (χ0v) is 17.0. The molecule has 7 heteroatoms. The van der Waals surface area contributed by atoms with Gasteiger partial charge in [0.25, 0.3) is 5.91 Å². The molecule has 1 amide bonds. The third-order valence-electron chi connectivity index (χ3n) is 4.71. The van der Waals surface area contributed by atoms with Gasteiger partial charge < -0.3 is 9.32 Å². The zero-order chi connectivity index (χ0) is 19.8. The Morgan fingerprint density at radius 1 is 1.15 bits per heavy atom. The van der Waals surface area contributed by atoms with Crippen LogP contribution >= 0.6 is 0 Å². The fourth-order valence-corrected chi connectivity index (χ4v) is 4.04. The summed E-state index contributed by atoms with van der Waals surface area (Å²) >= 11 is 0. The van der Waals surface area contributed by atoms with E-state index in [1.54, 1.807) is 17.0 Å². The molecule has 6 nitrogen and oxygen atoms in total. The molecule has 1 fully saturated rings. The second kappa shape index (κ2) is 7.13. The van der Waals surface area contributed by atoms with Crippen LogP contribution in [0.4, 0.5) is 0 Å². The lowest BCUT2D eigenvalue weighted by Gasteiger charge is -2.18. The monoisotopic (exact) mass is 390 g/mol. The van der Waals surface area contributed by atoms with E-state index in [0.29, 0.717) is 25.3 Å². The van der Waals surface area contributed by atoms with Gasteiger partial charge in [0, 0.05) is 24.7 Å². The predicted molar refractivity (Wildman–Crippen MR) is 105 cm³/mol. The van der Waals surface area contributed by atoms with Gasteiger partial charge in [0.2, 0.25) is 10.0 Å². The average Bonchev–Trinajstić information content (AvgIpc) is 3.21. The van der Waals surface area contributed by atoms with Crippen LogP contribution in [0.5, 0.6) is 0 Å². The molecule has 3 rings (SSSR count). The van der Waals surface area contributed by atoms with Crippen molar-refractivity contribution in [1.82, 2.24) is 9.62 Å². The number of sulfonamides is 1. The van der Waals surface area contributed by atoms with Crippen LogP contribution in [0.15, 0.2) is 40.8 Å². The molecule has 1 aromatic carbocycles. The van der Waals surface area contributed by atoms with Crippen LogP contribution in [0, 0.1) is 0 Å². The topological polar surface area (TPSA) is 79.6 Å². The second-order valence-corrected chi connectivity index (χ2v) is 9.90. The maximum absolute atomic E-state index is 12.6. The van der Waals surface area contributed by atoms with Crippen LogP contribution in [0.2, 0.25) is 0 Å². The summed E-state index contributed by atoms with van der Waals surface area (Å²) in [7, 11) is -3.28. The average molecular weight is 391 g/mol. The molecule has 0 unspecified atom stereocenters. The Morgan fingerprint density at radius 3 is 2.41 bits per heavy atom. The van der Waals surface area contributed by atoms with Crippen molar-refractivity contribution < 1.29 is 17.6 Å². The van der Waals surface area contributed by atoms with Crippen LogP contribution in [0.1, 0.15) is 43.3 Å². The van der Waals surface area contributed by atoms with Gasteiger partial charge in [-0.3, -0.25) is 4.79 Å². The van der Waals surface area contributed by atoms with E-state index in [4.69, 9.17) is 4.42 Å². The summed E-state index contributed by atoms with van der Waals surface area (Å²) in [5.41, 5.74) is 2.23. The predicted octanol–water partition coefficient (Wildman–Crippen LogP) is 3.01. The summed E-state index contributed by atoms with van der Waals surface area (Å²) in [6.07, 6.45) is 1.72. The summed E-state index contributed by atoms with van der Waals surface area (Å²) < 4.78 is 31.0. The molecular formula is C20H26N2O4S. The largest absolute Gasteiger partial charge is 0.451 e. The third kappa shape index (κ3) is 4.78. The van der Waals surface area contributed by atoms with Crippen molar-refractivity contribution in [1.29, 1.82) is 0 Å². The van der Waals surface area contributed by atoms with Crippen molar-refractivity contribution in [3.8, 4) is 11.3 Å². The molecular weight excluding hydrogens is 364 g/mol. The van der Waals surface area contributed by atoms with Crippen LogP contribution in [-0.4, -0.2) is 44.6 Å². The maximum atomic E-state index is 12.6. The van der Waals surface area contributed by atoms with Gasteiger partial charge in [-0.05, 0) is 29.5 Å². The lowest BCUT2D eigenvalue weighted by Crippen LogP contribution is -2.37. The van der Waals surface area contributed by atoms with Gasteiger partial charge in [0.15, 0.2) is 5.76 Å². The molecule has 1 aromatic heterocycles. The van der Waals surface area contributed by atoms with Crippen molar-refractivity contribution >= 4 is 15.9 Å². The summed E-state index contributed by atoms with van der Waals surface area (Å²) in [4.78, 5) is 14.3. The van der Waals surface area contributed by atoms with E-state index in [1.165, 1.54) is 5.56 Å². The Labute approximate surface area is 160 Å². The Morgan fingerprint density at radius 2 is 1.81 bits per heavy atom. The number of carbonyl (C=O) groups is 1. The van der Waals surface area contributed by atoms with Gasteiger partial charge in [-0.2, -0.15) is 0 Å². The highest BCUT2D eigenvalue weighted by atomic mass is 32.2. The summed E-state index contributed by atoms with van der Waals surface area (Å²) in [5.74, 6) is 0.694. The number of furan rings is 1. The molecule has 1 atom stereocenters. The van der Waals surface area contributed by atoms with Crippen LogP contribution < -0.4 is 4.72 Å². The van der Waals surface area contributed by atoms with E-state index >= 15 is 0 Å². The van der Waals surface area contributed by atoms with E-state index in [0.717, 1.165) is 11.8 Å². The number of hydrogen-bond donors (Lipinski definition) is 1. The fourth-order valence-electron chi connectivity index (χ4n) is 3.24. The molecule has 2 heterocycles. The summed E-state index contributed by atoms with van der Waals surface area (Å²) in [6.45, 7) is 7.33. The van der Waals surface area contributed by atoms with Gasteiger partial charge in [0.05, 0.1) is 6.26 Å². The van der Waals surface area contributed by atoms with Crippen molar-refractivity contribution in [2.75, 3.05) is 19.3 Å². The number of amides is 1. The van der Waals surface area contributed by atoms with Gasteiger partial charge >= 0.3 is 0 Å². The molecule has 146 valence electrons. The van der Waals surface area contributed by atoms with Crippen molar-refractivity contribution in [2.45, 2.75) is 38.6 Å². The molecule has 0 saturated carbocycles. The van der Waals surface area contributed by atoms with Gasteiger partial charge in [-0.25, -0.2) is 13.1 Å². The lowest BCUT2D eigenvalue weighted by atomic mass is 9.86. The van der Waals surface area contributed by atoms with E-state index in [9.17, 15) is 13.2 Å². The summed E-state index contributed by atoms with van der Waals surface area (Å²) in [5, 5.41) is 0. The first-order valence-corrected chi connectivity index (χ1v) is 10.9. The number of likely N-dealkylation sites (tertiary alicyclic amines) is 1. The van der Waals surface area contributed by atoms with Crippen LogP contribution in [0.3, 0.4) is 0 Å². The van der Waals surface area contributed by atoms with Gasteiger partial charge in [-0.1, -0.05) is 45.0 Å². The SMILES string of the molecule is CC(C)(C)c1ccc(-c2ccc(C(=O)N3CC[C@H](NS(C)(=O)=O)C3)o2)cc1. The van der Waals surface area contributed by atoms with Crippen molar-refractivity contribution in [3.63, 3.8) is 0 Å². The number of carbonyl (C=O) groups excluding carboxylic acids is 1. The van der Waals surface area contributed by atoms with E-state index < -0.39 is 10.0 Å². The number of benzene rings is 1. The molecule has 2 aromatic rings. The normalized spacial score (nSPS) is 18.1. The molecule has 0 aliphatic carbocycles. The molecule has 0 bridgehead atoms. The first kappa shape index (κ1) is 19.6. The number of nitrogens with zero attached hydrogens (tertiary/aromatic N) is 1. The first-order chi connectivity index (χ1) is 12.5. The Balaban J connectivity index is 1.70. The Bertz CT molecular complexity index is 924. The molecule has 1 N–H and O–H groups in total. The third-order valence-corrected chi connectivity index (χ3v) is 5.47. The van der Waals surface area contributed by atoms with E-state index in [1.807, 2.05) is 12.1 Å². The maximum Gasteiger partial charge on any atom is 0.289 e. The highest BCUT2D eigenvalue weighted by molar-refractivity contribution is 7.88. The minimum Gasteiger partial charge on any atom is -0.451 e. The van der Waals surface area contributed by atoms with Crippen molar-refractivity contribution in [2.24, 2.45) is 0 Å². The smallest absolute Gasteiger partial charge is 0.289 e. The Kier molecular flexibility index (Phi) is 5.18. The van der Waals surface area contributed by atoms with Gasteiger partial charge in [-0.15, -0.1) is 0 Å². The fraction of sp³-hybridized carbons (Fsp3) is 0.450. The van der Waals surface area contributed by atoms with E-state index in [2.05, 4.69) is 37.6 Å². The lowest BCUT2D eigenvalue weighted by molar-refractivity contribution is 0.0759. The highest BCUT2D eigenvalue weighted by Crippen LogP contribution is 2.28. The van der Waals surface area contributed by atoms with Crippen LogP contribution in [0.25, 0.3) is 11.3 Å². The quantitative estimate of drug-likeness (QED) is 0.870. The standard InChI is InChI=1S/C20H26N2O4S/c1-20(2,3)15-7-5-14(6-8-15)17-9-10-18(26-17)19(23)22-12-11-16(13-22)21-27(4,24)25/h5-10,16,21H,11-13H2,1-4H3/t16-/m0/s1. The molecule has 0 radical (unpaired) electrons. The number of rotatable bonds is 4. The molecule has 0 spiro atoms. The van der Waals surface area contributed by atoms with Crippen molar-refractivity contribution in [3.05, 3.63) is 47.7 Å². The molecule has 1 saturated heterocycles. The van der Waals surface area contributed by atoms with E-state index in [-0.39, 0.29) is 23.1 Å². The molecule has 27 heavy (non-hydrogen) atoms. The Hall–Kier alpha value is -2.12. The second-order valence-electron chi connectivity index (χ2n) is 8.12. The number of nitrogens with one attached hydrogen (secondary N) is 1. The van der Waals surface area contributed by atoms with Crippen LogP contribution in [-0.2, 0) is 15.4 Å². The number of hydrogen-bond acceptors (Lipinski definition) is 4. The zero-order valence-electron chi connectivity index (χ0n) is 16.2. The summed E-state index contributed by atoms with van der Waals surface area (Å²) in [6, 6.07) is 11.4. The minimum atomic E-state index is -3.28. The van der Waals surface area contributed by atoms with Gasteiger partial charge in [0.1, 0.15) is 5.76 Å². The molecule has 1 aliphatic rings. The first-order valence-electron chi connectivity index (χ1n) is 9.00. The minimum absolute atomic E-state index is 0.0785.